The summed E-state index contributed by atoms with van der Waals surface area (Å²) in [5.74, 6) is -0.782. The molecule has 2 heterocycles. The predicted molar refractivity (Wildman–Crippen MR) is 20.6 cm³/mol. The van der Waals surface area contributed by atoms with Gasteiger partial charge in [0.25, 0.3) is 0 Å². The molecular weight excluding hydrogens is 117 g/mol. The van der Waals surface area contributed by atoms with Crippen molar-refractivity contribution >= 4 is 13.5 Å². The summed E-state index contributed by atoms with van der Waals surface area (Å²) in [5, 5.41) is 2.42. The number of carbonyl (C=O) groups is 1. The summed E-state index contributed by atoms with van der Waals surface area (Å²) in [5.41, 5.74) is 0. The second-order valence-corrected chi connectivity index (χ2v) is 3.69. The number of hydrogen-bond donors (Lipinski definition) is 1. The van der Waals surface area contributed by atoms with Gasteiger partial charge in [-0.3, -0.25) is 4.57 Å². The Labute approximate surface area is 39.3 Å². The van der Waals surface area contributed by atoms with Gasteiger partial charge >= 0.3 is 13.5 Å². The third kappa shape index (κ3) is 0.243. The molecule has 0 aromatic rings. The molecule has 0 radical (unpaired) electrons. The minimum Gasteiger partial charge on any atom is -0.397 e. The van der Waals surface area contributed by atoms with Gasteiger partial charge in [-0.25, -0.2) is 9.88 Å². The highest BCUT2D eigenvalue weighted by Crippen LogP contribution is 2.70. The fraction of sp³-hybridized carbons (Fsp3) is 0.500. The van der Waals surface area contributed by atoms with Gasteiger partial charge < -0.3 is 4.52 Å². The van der Waals surface area contributed by atoms with Gasteiger partial charge in [-0.2, -0.15) is 0 Å². The molecule has 2 saturated heterocycles. The van der Waals surface area contributed by atoms with Crippen molar-refractivity contribution in [3.63, 3.8) is 0 Å². The van der Waals surface area contributed by atoms with Crippen LogP contribution in [-0.2, 0) is 13.9 Å². The van der Waals surface area contributed by atoms with Gasteiger partial charge in [0.15, 0.2) is 0 Å². The molecule has 0 aromatic heterocycles. The molecule has 5 heteroatoms. The van der Waals surface area contributed by atoms with E-state index in [4.69, 9.17) is 0 Å². The Morgan fingerprint density at radius 3 is 2.57 bits per heavy atom. The number of nitrogens with one attached hydrogen (secondary N) is 1. The van der Waals surface area contributed by atoms with Crippen LogP contribution in [0.2, 0.25) is 0 Å². The summed E-state index contributed by atoms with van der Waals surface area (Å²) in [6.07, 6.45) is 0. The van der Waals surface area contributed by atoms with E-state index in [0.29, 0.717) is 0 Å². The fourth-order valence-corrected chi connectivity index (χ4v) is 1.91. The SMILES string of the molecule is O=C1OP2(=O)NC12. The number of carbonyl (C=O) groups excluding carboxylic acids is 1. The molecule has 0 amide bonds. The molecule has 2 aliphatic rings. The maximum Gasteiger partial charge on any atom is 0.348 e. The lowest BCUT2D eigenvalue weighted by molar-refractivity contribution is -0.135. The monoisotopic (exact) mass is 119 g/mol. The van der Waals surface area contributed by atoms with E-state index in [0.717, 1.165) is 0 Å². The molecule has 2 atom stereocenters. The average molecular weight is 119 g/mol. The van der Waals surface area contributed by atoms with Crippen molar-refractivity contribution < 1.29 is 13.9 Å². The minimum atomic E-state index is -2.46. The van der Waals surface area contributed by atoms with Gasteiger partial charge in [0.05, 0.1) is 0 Å². The van der Waals surface area contributed by atoms with Gasteiger partial charge in [0, 0.05) is 0 Å². The summed E-state index contributed by atoms with van der Waals surface area (Å²) in [6.45, 7) is 0. The summed E-state index contributed by atoms with van der Waals surface area (Å²) in [4.78, 5) is 10.0. The van der Waals surface area contributed by atoms with Gasteiger partial charge in [0.1, 0.15) is 0 Å². The van der Waals surface area contributed by atoms with Crippen LogP contribution in [0.4, 0.5) is 0 Å². The third-order valence-electron chi connectivity index (χ3n) is 1.02. The Bertz CT molecular complexity index is 187. The molecule has 0 bridgehead atoms. The third-order valence-corrected chi connectivity index (χ3v) is 2.83. The Morgan fingerprint density at radius 2 is 2.57 bits per heavy atom. The standard InChI is InChI=1S/C2H2NO3P/c4-2-1-3-7(1,5)6-2/h1H,(H,3,5). The van der Waals surface area contributed by atoms with Crippen LogP contribution in [0.25, 0.3) is 0 Å². The van der Waals surface area contributed by atoms with Crippen molar-refractivity contribution in [2.24, 2.45) is 0 Å². The summed E-state index contributed by atoms with van der Waals surface area (Å²) >= 11 is 0. The zero-order valence-corrected chi connectivity index (χ0v) is 4.14. The Balaban J connectivity index is 2.41. The van der Waals surface area contributed by atoms with Crippen LogP contribution < -0.4 is 5.09 Å². The highest BCUT2D eigenvalue weighted by molar-refractivity contribution is 7.69. The molecule has 0 aliphatic carbocycles. The number of fused-ring (bicyclic) bond motifs is 1. The largest absolute Gasteiger partial charge is 0.397 e. The van der Waals surface area contributed by atoms with E-state index in [1.165, 1.54) is 0 Å². The lowest BCUT2D eigenvalue weighted by Gasteiger charge is -2.04. The fourth-order valence-electron chi connectivity index (χ4n) is 0.542. The molecule has 0 saturated carbocycles. The first kappa shape index (κ1) is 3.64. The van der Waals surface area contributed by atoms with Crippen LogP contribution in [0.3, 0.4) is 0 Å². The van der Waals surface area contributed by atoms with Crippen molar-refractivity contribution in [2.45, 2.75) is 5.78 Å². The van der Waals surface area contributed by atoms with Crippen molar-refractivity contribution in [1.82, 2.24) is 5.09 Å². The van der Waals surface area contributed by atoms with E-state index in [1.54, 1.807) is 0 Å². The smallest absolute Gasteiger partial charge is 0.348 e. The molecule has 4 nitrogen and oxygen atoms in total. The molecule has 0 aromatic carbocycles. The molecule has 2 aliphatic heterocycles. The maximum atomic E-state index is 10.4. The Morgan fingerprint density at radius 1 is 1.86 bits per heavy atom. The predicted octanol–water partition coefficient (Wildman–Crippen LogP) is -0.334. The van der Waals surface area contributed by atoms with Crippen molar-refractivity contribution in [3.8, 4) is 0 Å². The molecule has 0 spiro atoms. The van der Waals surface area contributed by atoms with Crippen LogP contribution in [0.1, 0.15) is 0 Å². The van der Waals surface area contributed by atoms with Gasteiger partial charge in [-0.05, 0) is 0 Å². The highest BCUT2D eigenvalue weighted by atomic mass is 31.2. The van der Waals surface area contributed by atoms with Crippen LogP contribution in [0.15, 0.2) is 0 Å². The first-order chi connectivity index (χ1) is 3.22. The first-order valence-corrected chi connectivity index (χ1v) is 3.53. The van der Waals surface area contributed by atoms with Crippen LogP contribution in [0.5, 0.6) is 0 Å². The van der Waals surface area contributed by atoms with Crippen LogP contribution >= 0.6 is 7.52 Å². The number of rotatable bonds is 0. The van der Waals surface area contributed by atoms with E-state index in [-0.39, 0.29) is 5.97 Å². The zero-order chi connectivity index (χ0) is 5.07. The van der Waals surface area contributed by atoms with Crippen LogP contribution in [-0.4, -0.2) is 11.8 Å². The van der Waals surface area contributed by atoms with E-state index in [9.17, 15) is 9.36 Å². The minimum absolute atomic E-state index is 0.372. The van der Waals surface area contributed by atoms with Crippen LogP contribution in [0, 0.1) is 0 Å². The molecule has 2 rings (SSSR count). The molecule has 2 unspecified atom stereocenters. The lowest BCUT2D eigenvalue weighted by atomic mass is 10.7. The normalized spacial score (nSPS) is 54.3. The topological polar surface area (TPSA) is 65.3 Å². The molecular formula is C2H2NO3P. The average Bonchev–Trinajstić information content (AvgIpc) is 2.10. The number of hydrogen-bond acceptors (Lipinski definition) is 3. The zero-order valence-electron chi connectivity index (χ0n) is 3.25. The summed E-state index contributed by atoms with van der Waals surface area (Å²) in [7, 11) is -2.46. The summed E-state index contributed by atoms with van der Waals surface area (Å²) in [6, 6.07) is 0. The highest BCUT2D eigenvalue weighted by Gasteiger charge is 2.69. The van der Waals surface area contributed by atoms with Crippen molar-refractivity contribution in [1.29, 1.82) is 0 Å². The lowest BCUT2D eigenvalue weighted by Crippen LogP contribution is -2.15. The van der Waals surface area contributed by atoms with E-state index in [2.05, 4.69) is 9.61 Å². The summed E-state index contributed by atoms with van der Waals surface area (Å²) < 4.78 is 14.6. The molecule has 7 heavy (non-hydrogen) atoms. The van der Waals surface area contributed by atoms with Crippen molar-refractivity contribution in [3.05, 3.63) is 0 Å². The van der Waals surface area contributed by atoms with Gasteiger partial charge in [0.2, 0.25) is 5.78 Å². The van der Waals surface area contributed by atoms with Gasteiger partial charge in [-0.1, -0.05) is 0 Å². The van der Waals surface area contributed by atoms with E-state index >= 15 is 0 Å². The van der Waals surface area contributed by atoms with E-state index < -0.39 is 13.3 Å². The Kier molecular flexibility index (Phi) is 0.342. The van der Waals surface area contributed by atoms with E-state index in [1.807, 2.05) is 0 Å². The first-order valence-electron chi connectivity index (χ1n) is 1.83. The second kappa shape index (κ2) is 0.659. The van der Waals surface area contributed by atoms with Gasteiger partial charge in [-0.15, -0.1) is 0 Å². The second-order valence-electron chi connectivity index (χ2n) is 1.54. The quantitative estimate of drug-likeness (QED) is 0.350. The molecule has 2 fully saturated rings. The van der Waals surface area contributed by atoms with Crippen molar-refractivity contribution in [2.75, 3.05) is 0 Å². The maximum absolute atomic E-state index is 10.4. The molecule has 38 valence electrons. The Hall–Kier alpha value is -0.340. The molecule has 1 N–H and O–H groups in total.